The minimum Gasteiger partial charge on any atom is -0.480 e. The average molecular weight is 507 g/mol. The Kier molecular flexibility index (Phi) is 9.34. The zero-order chi connectivity index (χ0) is 25.3. The fraction of sp³-hybridized carbons (Fsp3) is 0.455. The highest BCUT2D eigenvalue weighted by atomic mass is 32.2. The first-order valence-corrected chi connectivity index (χ1v) is 12.9. The van der Waals surface area contributed by atoms with E-state index in [0.29, 0.717) is 11.5 Å². The van der Waals surface area contributed by atoms with Gasteiger partial charge < -0.3 is 25.7 Å². The van der Waals surface area contributed by atoms with Gasteiger partial charge in [0.15, 0.2) is 0 Å². The number of piperidine rings is 1. The van der Waals surface area contributed by atoms with Crippen molar-refractivity contribution < 1.29 is 28.2 Å². The smallest absolute Gasteiger partial charge is 0.323 e. The fourth-order valence-electron chi connectivity index (χ4n) is 3.72. The topological polar surface area (TPSA) is 174 Å². The molecule has 1 aliphatic heterocycles. The van der Waals surface area contributed by atoms with Gasteiger partial charge in [0.25, 0.3) is 5.91 Å². The van der Waals surface area contributed by atoms with Gasteiger partial charge in [0.1, 0.15) is 6.04 Å². The molecule has 0 radical (unpaired) electrons. The van der Waals surface area contributed by atoms with Crippen molar-refractivity contribution in [2.75, 3.05) is 42.2 Å². The summed E-state index contributed by atoms with van der Waals surface area (Å²) in [5.41, 5.74) is 1.27. The Bertz CT molecular complexity index is 1080. The van der Waals surface area contributed by atoms with Crippen LogP contribution in [0.5, 0.6) is 0 Å². The van der Waals surface area contributed by atoms with Crippen LogP contribution in [0.15, 0.2) is 42.7 Å². The van der Waals surface area contributed by atoms with Crippen LogP contribution in [-0.2, 0) is 14.8 Å². The van der Waals surface area contributed by atoms with E-state index in [2.05, 4.69) is 25.5 Å². The summed E-state index contributed by atoms with van der Waals surface area (Å²) in [4.78, 5) is 34.5. The minimum absolute atomic E-state index is 0.0196. The Morgan fingerprint density at radius 3 is 2.54 bits per heavy atom. The Morgan fingerprint density at radius 2 is 1.89 bits per heavy atom. The third-order valence-corrected chi connectivity index (χ3v) is 6.94. The van der Waals surface area contributed by atoms with E-state index in [0.717, 1.165) is 31.6 Å². The summed E-state index contributed by atoms with van der Waals surface area (Å²) < 4.78 is 25.9. The molecule has 0 spiro atoms. The van der Waals surface area contributed by atoms with Crippen LogP contribution in [0.1, 0.15) is 29.6 Å². The molecule has 2 atom stereocenters. The maximum atomic E-state index is 12.5. The van der Waals surface area contributed by atoms with Crippen LogP contribution in [0.4, 0.5) is 11.6 Å². The summed E-state index contributed by atoms with van der Waals surface area (Å²) in [7, 11) is -3.90. The number of carbonyl (C=O) groups excluding carboxylic acids is 1. The van der Waals surface area contributed by atoms with Gasteiger partial charge >= 0.3 is 5.97 Å². The van der Waals surface area contributed by atoms with Crippen LogP contribution in [0.3, 0.4) is 0 Å². The van der Waals surface area contributed by atoms with Gasteiger partial charge in [0, 0.05) is 55.9 Å². The molecular weight excluding hydrogens is 476 g/mol. The molecule has 2 unspecified atom stereocenters. The monoisotopic (exact) mass is 506 g/mol. The number of sulfonamides is 1. The number of aliphatic hydroxyl groups is 1. The maximum absolute atomic E-state index is 12.5. The van der Waals surface area contributed by atoms with Crippen LogP contribution in [0, 0.1) is 0 Å². The average Bonchev–Trinajstić information content (AvgIpc) is 2.86. The van der Waals surface area contributed by atoms with Crippen molar-refractivity contribution in [2.45, 2.75) is 31.3 Å². The van der Waals surface area contributed by atoms with Gasteiger partial charge in [0.05, 0.1) is 5.75 Å². The Balaban J connectivity index is 1.54. The molecular formula is C22H30N6O6S. The predicted octanol–water partition coefficient (Wildman–Crippen LogP) is 0.0423. The number of carboxylic acids is 1. The van der Waals surface area contributed by atoms with Gasteiger partial charge in [-0.25, -0.2) is 18.4 Å². The minimum atomic E-state index is -3.90. The Labute approximate surface area is 203 Å². The zero-order valence-corrected chi connectivity index (χ0v) is 19.9. The second kappa shape index (κ2) is 12.4. The molecule has 1 aromatic heterocycles. The number of carboxylic acid groups (broad SMARTS) is 1. The van der Waals surface area contributed by atoms with Gasteiger partial charge in [0.2, 0.25) is 16.0 Å². The van der Waals surface area contributed by atoms with E-state index >= 15 is 0 Å². The molecule has 1 saturated heterocycles. The highest BCUT2D eigenvalue weighted by molar-refractivity contribution is 7.89. The molecule has 5 N–H and O–H groups in total. The van der Waals surface area contributed by atoms with Crippen molar-refractivity contribution in [3.8, 4) is 0 Å². The summed E-state index contributed by atoms with van der Waals surface area (Å²) in [5.74, 6) is -1.76. The van der Waals surface area contributed by atoms with Crippen LogP contribution < -0.4 is 20.3 Å². The van der Waals surface area contributed by atoms with Crippen molar-refractivity contribution in [3.05, 3.63) is 48.3 Å². The quantitative estimate of drug-likeness (QED) is 0.264. The van der Waals surface area contributed by atoms with Crippen LogP contribution in [0.2, 0.25) is 0 Å². The summed E-state index contributed by atoms with van der Waals surface area (Å²) in [5, 5.41) is 23.9. The maximum Gasteiger partial charge on any atom is 0.323 e. The summed E-state index contributed by atoms with van der Waals surface area (Å²) in [6, 6.07) is 7.35. The number of nitrogens with one attached hydrogen (secondary N) is 3. The Morgan fingerprint density at radius 1 is 1.17 bits per heavy atom. The van der Waals surface area contributed by atoms with Crippen molar-refractivity contribution in [1.82, 2.24) is 20.0 Å². The standard InChI is InChI=1S/C22H30N6O6S/c29-12-3-13-35(33,34)27-19(21(31)32)14-25-20(30)16-5-7-18(8-6-16)28-11-1-4-17(15-28)26-22-23-9-2-10-24-22/h2,5-10,17,19,27,29H,1,3-4,11-15H2,(H,25,30)(H,31,32)(H,23,24,26). The number of rotatable bonds is 12. The van der Waals surface area contributed by atoms with E-state index in [9.17, 15) is 23.1 Å². The van der Waals surface area contributed by atoms with Crippen LogP contribution in [-0.4, -0.2) is 84.6 Å². The highest BCUT2D eigenvalue weighted by Crippen LogP contribution is 2.22. The van der Waals surface area contributed by atoms with E-state index < -0.39 is 40.2 Å². The number of benzene rings is 1. The number of aliphatic carboxylic acids is 1. The number of hydrogen-bond acceptors (Lipinski definition) is 9. The molecule has 1 amide bonds. The second-order valence-electron chi connectivity index (χ2n) is 8.16. The van der Waals surface area contributed by atoms with Crippen LogP contribution >= 0.6 is 0 Å². The molecule has 0 bridgehead atoms. The molecule has 35 heavy (non-hydrogen) atoms. The number of nitrogens with zero attached hydrogens (tertiary/aromatic N) is 3. The molecule has 190 valence electrons. The lowest BCUT2D eigenvalue weighted by Gasteiger charge is -2.34. The van der Waals surface area contributed by atoms with E-state index in [1.54, 1.807) is 30.6 Å². The molecule has 0 aliphatic carbocycles. The second-order valence-corrected chi connectivity index (χ2v) is 10.0. The number of anilines is 2. The molecule has 1 aromatic carbocycles. The van der Waals surface area contributed by atoms with Gasteiger partial charge in [-0.1, -0.05) is 0 Å². The van der Waals surface area contributed by atoms with Crippen molar-refractivity contribution >= 4 is 33.5 Å². The first-order chi connectivity index (χ1) is 16.8. The van der Waals surface area contributed by atoms with E-state index in [4.69, 9.17) is 5.11 Å². The number of hydrogen-bond donors (Lipinski definition) is 5. The van der Waals surface area contributed by atoms with Crippen molar-refractivity contribution in [3.63, 3.8) is 0 Å². The van der Waals surface area contributed by atoms with E-state index in [-0.39, 0.29) is 19.1 Å². The third kappa shape index (κ3) is 8.16. The molecule has 3 rings (SSSR count). The summed E-state index contributed by atoms with van der Waals surface area (Å²) in [6.45, 7) is 0.868. The fourth-order valence-corrected chi connectivity index (χ4v) is 4.96. The van der Waals surface area contributed by atoms with Gasteiger partial charge in [-0.3, -0.25) is 9.59 Å². The van der Waals surface area contributed by atoms with Gasteiger partial charge in [-0.05, 0) is 49.6 Å². The molecule has 2 aromatic rings. The SMILES string of the molecule is O=C(NCC(NS(=O)(=O)CCCO)C(=O)O)c1ccc(N2CCCC(Nc3ncccn3)C2)cc1. The number of aliphatic hydroxyl groups excluding tert-OH is 1. The lowest BCUT2D eigenvalue weighted by atomic mass is 10.0. The van der Waals surface area contributed by atoms with E-state index in [1.807, 2.05) is 16.9 Å². The number of aromatic nitrogens is 2. The summed E-state index contributed by atoms with van der Waals surface area (Å²) in [6.07, 6.45) is 5.32. The molecule has 13 heteroatoms. The first-order valence-electron chi connectivity index (χ1n) is 11.3. The lowest BCUT2D eigenvalue weighted by molar-refractivity contribution is -0.138. The molecule has 0 saturated carbocycles. The van der Waals surface area contributed by atoms with Crippen LogP contribution in [0.25, 0.3) is 0 Å². The lowest BCUT2D eigenvalue weighted by Crippen LogP contribution is -2.49. The first kappa shape index (κ1) is 26.3. The molecule has 2 heterocycles. The van der Waals surface area contributed by atoms with E-state index in [1.165, 1.54) is 0 Å². The third-order valence-electron chi connectivity index (χ3n) is 5.47. The largest absolute Gasteiger partial charge is 0.480 e. The van der Waals surface area contributed by atoms with Crippen molar-refractivity contribution in [1.29, 1.82) is 0 Å². The van der Waals surface area contributed by atoms with Gasteiger partial charge in [-0.2, -0.15) is 4.72 Å². The molecule has 1 fully saturated rings. The zero-order valence-electron chi connectivity index (χ0n) is 19.1. The van der Waals surface area contributed by atoms with Crippen molar-refractivity contribution in [2.24, 2.45) is 0 Å². The number of amides is 1. The molecule has 12 nitrogen and oxygen atoms in total. The molecule has 1 aliphatic rings. The normalized spacial score (nSPS) is 16.9. The summed E-state index contributed by atoms with van der Waals surface area (Å²) >= 11 is 0. The Hall–Kier alpha value is -3.29. The highest BCUT2D eigenvalue weighted by Gasteiger charge is 2.25. The number of carbonyl (C=O) groups is 2. The predicted molar refractivity (Wildman–Crippen MR) is 130 cm³/mol. The van der Waals surface area contributed by atoms with Gasteiger partial charge in [-0.15, -0.1) is 0 Å².